The van der Waals surface area contributed by atoms with Crippen LogP contribution < -0.4 is 0 Å². The summed E-state index contributed by atoms with van der Waals surface area (Å²) in [4.78, 5) is 0. The van der Waals surface area contributed by atoms with Crippen LogP contribution in [-0.4, -0.2) is 22.5 Å². The van der Waals surface area contributed by atoms with Gasteiger partial charge in [-0.15, -0.1) is 0 Å². The molecular weight excluding hydrogens is 224 g/mol. The second-order valence-electron chi connectivity index (χ2n) is 6.14. The van der Waals surface area contributed by atoms with Gasteiger partial charge in [0.05, 0.1) is 5.60 Å². The second-order valence-corrected chi connectivity index (χ2v) is 7.14. The van der Waals surface area contributed by atoms with Crippen molar-refractivity contribution in [1.29, 1.82) is 0 Å². The molecule has 0 aliphatic rings. The Hall–Kier alpha value is 0.177. The Kier molecular flexibility index (Phi) is 11.4. The Balaban J connectivity index is 2.99. The quantitative estimate of drug-likeness (QED) is 0.400. The van der Waals surface area contributed by atoms with E-state index in [1.54, 1.807) is 0 Å². The highest BCUT2D eigenvalue weighted by molar-refractivity contribution is 6.08. The molecule has 0 rings (SSSR count). The van der Waals surface area contributed by atoms with E-state index in [1.165, 1.54) is 74.1 Å². The molecule has 0 heterocycles. The number of hydrogen-bond acceptors (Lipinski definition) is 1. The largest absolute Gasteiger partial charge is 0.376 e. The molecule has 0 fully saturated rings. The minimum Gasteiger partial charge on any atom is -0.376 e. The molecule has 0 spiro atoms. The molecule has 0 aliphatic heterocycles. The van der Waals surface area contributed by atoms with E-state index >= 15 is 0 Å². The molecule has 0 unspecified atom stereocenters. The van der Waals surface area contributed by atoms with Crippen LogP contribution in [-0.2, 0) is 4.74 Å². The molecule has 0 aromatic heterocycles. The normalized spacial score (nSPS) is 12.2. The summed E-state index contributed by atoms with van der Waals surface area (Å²) in [6.07, 6.45) is 12.7. The fraction of sp³-hybridized carbons (Fsp3) is 1.00. The Morgan fingerprint density at radius 3 is 1.53 bits per heavy atom. The van der Waals surface area contributed by atoms with Crippen molar-refractivity contribution in [2.24, 2.45) is 0 Å². The molecule has 0 radical (unpaired) electrons. The topological polar surface area (TPSA) is 9.23 Å². The Bertz CT molecular complexity index is 151. The third-order valence-electron chi connectivity index (χ3n) is 3.03. The number of hydrogen-bond donors (Lipinski definition) is 0. The summed E-state index contributed by atoms with van der Waals surface area (Å²) in [6.45, 7) is 7.33. The average Bonchev–Trinajstić information content (AvgIpc) is 2.24. The lowest BCUT2D eigenvalue weighted by atomic mass is 10.1. The first-order valence-electron chi connectivity index (χ1n) is 7.70. The molecule has 0 N–H and O–H groups in total. The van der Waals surface area contributed by atoms with Gasteiger partial charge in [-0.1, -0.05) is 57.4 Å². The molecule has 1 nitrogen and oxygen atoms in total. The molecule has 0 aromatic carbocycles. The molecule has 0 aliphatic carbocycles. The lowest BCUT2D eigenvalue weighted by Gasteiger charge is -2.19. The summed E-state index contributed by atoms with van der Waals surface area (Å²) in [5, 5.41) is 0. The molecule has 0 amide bonds. The number of unbranched alkanes of at least 4 members (excludes halogenated alkanes) is 8. The van der Waals surface area contributed by atoms with Gasteiger partial charge in [0.2, 0.25) is 0 Å². The maximum Gasteiger partial charge on any atom is 0.0598 e. The van der Waals surface area contributed by atoms with Crippen LogP contribution >= 0.6 is 0 Å². The third kappa shape index (κ3) is 16.2. The van der Waals surface area contributed by atoms with Crippen molar-refractivity contribution < 1.29 is 4.74 Å². The van der Waals surface area contributed by atoms with Crippen LogP contribution in [0.3, 0.4) is 0 Å². The molecule has 0 atom stereocenters. The molecule has 0 bridgehead atoms. The highest BCUT2D eigenvalue weighted by atomic mass is 28.1. The van der Waals surface area contributed by atoms with Gasteiger partial charge in [0.25, 0.3) is 0 Å². The predicted molar refractivity (Wildman–Crippen MR) is 82.0 cm³/mol. The van der Waals surface area contributed by atoms with E-state index in [0.29, 0.717) is 0 Å². The van der Waals surface area contributed by atoms with Gasteiger partial charge in [-0.2, -0.15) is 0 Å². The summed E-state index contributed by atoms with van der Waals surface area (Å²) < 4.78 is 5.70. The Labute approximate surface area is 112 Å². The van der Waals surface area contributed by atoms with Gasteiger partial charge in [-0.05, 0) is 27.2 Å². The summed E-state index contributed by atoms with van der Waals surface area (Å²) >= 11 is 0. The van der Waals surface area contributed by atoms with Gasteiger partial charge < -0.3 is 4.74 Å². The molecule has 17 heavy (non-hydrogen) atoms. The van der Waals surface area contributed by atoms with Gasteiger partial charge in [0.1, 0.15) is 0 Å². The lowest BCUT2D eigenvalue weighted by molar-refractivity contribution is -0.00474. The van der Waals surface area contributed by atoms with Crippen LogP contribution in [0.4, 0.5) is 0 Å². The van der Waals surface area contributed by atoms with E-state index in [1.807, 2.05) is 0 Å². The smallest absolute Gasteiger partial charge is 0.0598 e. The van der Waals surface area contributed by atoms with Crippen molar-refractivity contribution >= 4 is 10.2 Å². The molecule has 0 saturated heterocycles. The zero-order valence-corrected chi connectivity index (χ0v) is 14.7. The first kappa shape index (κ1) is 17.2. The Morgan fingerprint density at radius 2 is 1.12 bits per heavy atom. The summed E-state index contributed by atoms with van der Waals surface area (Å²) in [5.41, 5.74) is 0.0438. The van der Waals surface area contributed by atoms with Crippen molar-refractivity contribution in [3.63, 3.8) is 0 Å². The van der Waals surface area contributed by atoms with Gasteiger partial charge in [-0.25, -0.2) is 0 Å². The van der Waals surface area contributed by atoms with E-state index in [9.17, 15) is 0 Å². The first-order chi connectivity index (χ1) is 8.06. The van der Waals surface area contributed by atoms with Gasteiger partial charge >= 0.3 is 0 Å². The van der Waals surface area contributed by atoms with E-state index in [2.05, 4.69) is 20.8 Å². The fourth-order valence-electron chi connectivity index (χ4n) is 1.97. The van der Waals surface area contributed by atoms with Crippen molar-refractivity contribution in [1.82, 2.24) is 0 Å². The maximum atomic E-state index is 5.70. The summed E-state index contributed by atoms with van der Waals surface area (Å²) in [5.74, 6) is 0. The van der Waals surface area contributed by atoms with Crippen LogP contribution in [0.1, 0.15) is 78.6 Å². The summed E-state index contributed by atoms with van der Waals surface area (Å²) in [7, 11) is 1.39. The van der Waals surface area contributed by atoms with Crippen molar-refractivity contribution in [3.05, 3.63) is 0 Å². The monoisotopic (exact) mass is 258 g/mol. The number of ether oxygens (including phenoxy) is 1. The van der Waals surface area contributed by atoms with E-state index in [4.69, 9.17) is 4.74 Å². The van der Waals surface area contributed by atoms with Gasteiger partial charge in [-0.3, -0.25) is 0 Å². The SMILES string of the molecule is CC(C)(C)OCCCCCCCCCCC[SiH3]. The van der Waals surface area contributed by atoms with E-state index < -0.39 is 0 Å². The molecule has 0 saturated carbocycles. The maximum absolute atomic E-state index is 5.70. The lowest BCUT2D eigenvalue weighted by Crippen LogP contribution is -2.19. The van der Waals surface area contributed by atoms with E-state index in [-0.39, 0.29) is 5.60 Å². The van der Waals surface area contributed by atoms with Gasteiger partial charge in [0.15, 0.2) is 0 Å². The minimum atomic E-state index is 0.0438. The van der Waals surface area contributed by atoms with Crippen molar-refractivity contribution in [3.8, 4) is 0 Å². The van der Waals surface area contributed by atoms with Crippen LogP contribution in [0.5, 0.6) is 0 Å². The van der Waals surface area contributed by atoms with E-state index in [0.717, 1.165) is 6.61 Å². The highest BCUT2D eigenvalue weighted by Gasteiger charge is 2.08. The van der Waals surface area contributed by atoms with Crippen LogP contribution in [0.15, 0.2) is 0 Å². The zero-order chi connectivity index (χ0) is 13.0. The van der Waals surface area contributed by atoms with Crippen molar-refractivity contribution in [2.75, 3.05) is 6.61 Å². The van der Waals surface area contributed by atoms with Crippen molar-refractivity contribution in [2.45, 2.75) is 90.2 Å². The molecule has 104 valence electrons. The van der Waals surface area contributed by atoms with Crippen LogP contribution in [0.2, 0.25) is 6.04 Å². The Morgan fingerprint density at radius 1 is 0.706 bits per heavy atom. The average molecular weight is 259 g/mol. The summed E-state index contributed by atoms with van der Waals surface area (Å²) in [6, 6.07) is 1.49. The minimum absolute atomic E-state index is 0.0438. The van der Waals surface area contributed by atoms with Crippen LogP contribution in [0.25, 0.3) is 0 Å². The standard InChI is InChI=1S/C15H34OSi/c1-15(2,3)16-13-11-9-7-5-4-6-8-10-12-14-17/h4-14H2,1-3,17H3. The zero-order valence-electron chi connectivity index (χ0n) is 12.7. The molecular formula is C15H34OSi. The third-order valence-corrected chi connectivity index (χ3v) is 3.74. The predicted octanol–water partition coefficient (Wildman–Crippen LogP) is 4.10. The first-order valence-corrected chi connectivity index (χ1v) is 9.11. The van der Waals surface area contributed by atoms with Gasteiger partial charge in [0, 0.05) is 16.8 Å². The highest BCUT2D eigenvalue weighted by Crippen LogP contribution is 2.12. The second kappa shape index (κ2) is 11.3. The van der Waals surface area contributed by atoms with Crippen LogP contribution in [0, 0.1) is 0 Å². The molecule has 0 aromatic rings. The molecule has 2 heteroatoms. The number of rotatable bonds is 11. The fourth-order valence-corrected chi connectivity index (χ4v) is 2.47.